The van der Waals surface area contributed by atoms with Crippen molar-refractivity contribution in [3.05, 3.63) is 58.6 Å². The quantitative estimate of drug-likeness (QED) is 0.778. The van der Waals surface area contributed by atoms with Crippen molar-refractivity contribution < 1.29 is 9.59 Å². The molecule has 0 atom stereocenters. The Bertz CT molecular complexity index is 814. The molecule has 0 aliphatic carbocycles. The molecule has 3 N–H and O–H groups in total. The van der Waals surface area contributed by atoms with Crippen LogP contribution in [0.15, 0.2) is 42.5 Å². The Hall–Kier alpha value is -3.04. The van der Waals surface area contributed by atoms with Crippen LogP contribution in [0.1, 0.15) is 15.9 Å². The standard InChI is InChI=1S/C17H15ClN4O2/c1-20-17(24)12-5-6-14(18)15(8-12)21-10-16(23)22-13-4-2-3-11(7-13)9-19/h2-8,21H,10H2,1H3,(H,20,24)(H,22,23). The van der Waals surface area contributed by atoms with Crippen LogP contribution in [0.25, 0.3) is 0 Å². The van der Waals surface area contributed by atoms with Gasteiger partial charge in [-0.15, -0.1) is 0 Å². The van der Waals surface area contributed by atoms with Gasteiger partial charge in [0.05, 0.1) is 28.9 Å². The average molecular weight is 343 g/mol. The van der Waals surface area contributed by atoms with Gasteiger partial charge in [0.2, 0.25) is 5.91 Å². The molecule has 0 aliphatic heterocycles. The van der Waals surface area contributed by atoms with Crippen molar-refractivity contribution in [1.29, 1.82) is 5.26 Å². The number of hydrogen-bond acceptors (Lipinski definition) is 4. The summed E-state index contributed by atoms with van der Waals surface area (Å²) in [5.74, 6) is -0.543. The molecule has 0 spiro atoms. The summed E-state index contributed by atoms with van der Waals surface area (Å²) in [7, 11) is 1.53. The summed E-state index contributed by atoms with van der Waals surface area (Å²) in [6, 6.07) is 13.4. The number of benzene rings is 2. The third kappa shape index (κ3) is 4.48. The maximum absolute atomic E-state index is 12.0. The van der Waals surface area contributed by atoms with E-state index in [9.17, 15) is 9.59 Å². The SMILES string of the molecule is CNC(=O)c1ccc(Cl)c(NCC(=O)Nc2cccc(C#N)c2)c1. The van der Waals surface area contributed by atoms with Crippen LogP contribution in [0.4, 0.5) is 11.4 Å². The summed E-state index contributed by atoms with van der Waals surface area (Å²) in [5, 5.41) is 17.3. The molecule has 0 unspecified atom stereocenters. The smallest absolute Gasteiger partial charge is 0.251 e. The maximum Gasteiger partial charge on any atom is 0.251 e. The highest BCUT2D eigenvalue weighted by Crippen LogP contribution is 2.23. The molecule has 0 saturated heterocycles. The van der Waals surface area contributed by atoms with Crippen molar-refractivity contribution in [2.45, 2.75) is 0 Å². The zero-order valence-corrected chi connectivity index (χ0v) is 13.6. The molecule has 122 valence electrons. The zero-order chi connectivity index (χ0) is 17.5. The lowest BCUT2D eigenvalue weighted by molar-refractivity contribution is -0.114. The zero-order valence-electron chi connectivity index (χ0n) is 12.9. The van der Waals surface area contributed by atoms with E-state index in [0.717, 1.165) is 0 Å². The Morgan fingerprint density at radius 1 is 1.21 bits per heavy atom. The topological polar surface area (TPSA) is 94.0 Å². The van der Waals surface area contributed by atoms with Crippen LogP contribution < -0.4 is 16.0 Å². The molecule has 6 nitrogen and oxygen atoms in total. The lowest BCUT2D eigenvalue weighted by Gasteiger charge is -2.11. The van der Waals surface area contributed by atoms with Crippen LogP contribution in [0.5, 0.6) is 0 Å². The number of hydrogen-bond donors (Lipinski definition) is 3. The predicted molar refractivity (Wildman–Crippen MR) is 93.1 cm³/mol. The van der Waals surface area contributed by atoms with Crippen LogP contribution in [0.3, 0.4) is 0 Å². The van der Waals surface area contributed by atoms with Gasteiger partial charge in [-0.3, -0.25) is 9.59 Å². The summed E-state index contributed by atoms with van der Waals surface area (Å²) in [6.45, 7) is -0.0340. The molecule has 2 amide bonds. The highest BCUT2D eigenvalue weighted by atomic mass is 35.5. The van der Waals surface area contributed by atoms with Crippen LogP contribution in [0, 0.1) is 11.3 Å². The molecular formula is C17H15ClN4O2. The number of nitrogens with zero attached hydrogens (tertiary/aromatic N) is 1. The first kappa shape index (κ1) is 17.3. The summed E-state index contributed by atoms with van der Waals surface area (Å²) < 4.78 is 0. The van der Waals surface area contributed by atoms with Gasteiger partial charge in [-0.05, 0) is 36.4 Å². The molecule has 0 aromatic heterocycles. The van der Waals surface area contributed by atoms with E-state index in [0.29, 0.717) is 27.5 Å². The molecule has 0 aliphatic rings. The largest absolute Gasteiger partial charge is 0.375 e. The van der Waals surface area contributed by atoms with E-state index < -0.39 is 0 Å². The first-order chi connectivity index (χ1) is 11.5. The monoisotopic (exact) mass is 342 g/mol. The minimum Gasteiger partial charge on any atom is -0.375 e. The van der Waals surface area contributed by atoms with Crippen molar-refractivity contribution in [1.82, 2.24) is 5.32 Å². The highest BCUT2D eigenvalue weighted by Gasteiger charge is 2.09. The summed E-state index contributed by atoms with van der Waals surface area (Å²) >= 11 is 6.07. The van der Waals surface area contributed by atoms with Crippen molar-refractivity contribution >= 4 is 34.8 Å². The summed E-state index contributed by atoms with van der Waals surface area (Å²) in [4.78, 5) is 23.6. The van der Waals surface area contributed by atoms with Crippen LogP contribution in [0.2, 0.25) is 5.02 Å². The van der Waals surface area contributed by atoms with E-state index in [-0.39, 0.29) is 18.4 Å². The van der Waals surface area contributed by atoms with Gasteiger partial charge in [-0.25, -0.2) is 0 Å². The van der Waals surface area contributed by atoms with E-state index in [1.165, 1.54) is 7.05 Å². The Kier molecular flexibility index (Phi) is 5.77. The first-order valence-electron chi connectivity index (χ1n) is 7.09. The van der Waals surface area contributed by atoms with E-state index in [4.69, 9.17) is 16.9 Å². The van der Waals surface area contributed by atoms with Gasteiger partial charge in [0.1, 0.15) is 0 Å². The van der Waals surface area contributed by atoms with Gasteiger partial charge < -0.3 is 16.0 Å². The Morgan fingerprint density at radius 2 is 2.00 bits per heavy atom. The Labute approximate surface area is 144 Å². The maximum atomic E-state index is 12.0. The van der Waals surface area contributed by atoms with Crippen LogP contribution in [-0.4, -0.2) is 25.4 Å². The van der Waals surface area contributed by atoms with Gasteiger partial charge in [0, 0.05) is 18.3 Å². The number of nitriles is 1. The lowest BCUT2D eigenvalue weighted by atomic mass is 10.2. The van der Waals surface area contributed by atoms with E-state index in [2.05, 4.69) is 16.0 Å². The molecule has 7 heteroatoms. The van der Waals surface area contributed by atoms with Crippen molar-refractivity contribution in [3.63, 3.8) is 0 Å². The van der Waals surface area contributed by atoms with Gasteiger partial charge >= 0.3 is 0 Å². The van der Waals surface area contributed by atoms with Gasteiger partial charge in [-0.1, -0.05) is 17.7 Å². The predicted octanol–water partition coefficient (Wildman–Crippen LogP) is 2.62. The van der Waals surface area contributed by atoms with Crippen LogP contribution in [-0.2, 0) is 4.79 Å². The van der Waals surface area contributed by atoms with E-state index in [1.807, 2.05) is 6.07 Å². The molecule has 0 fully saturated rings. The van der Waals surface area contributed by atoms with Gasteiger partial charge in [-0.2, -0.15) is 5.26 Å². The number of nitrogens with one attached hydrogen (secondary N) is 3. The molecule has 0 radical (unpaired) electrons. The number of amides is 2. The molecule has 2 rings (SSSR count). The van der Waals surface area contributed by atoms with Gasteiger partial charge in [0.25, 0.3) is 5.91 Å². The fourth-order valence-electron chi connectivity index (χ4n) is 1.99. The molecule has 24 heavy (non-hydrogen) atoms. The number of carbonyl (C=O) groups excluding carboxylic acids is 2. The second-order valence-corrected chi connectivity index (χ2v) is 5.28. The number of rotatable bonds is 5. The lowest BCUT2D eigenvalue weighted by Crippen LogP contribution is -2.22. The fourth-order valence-corrected chi connectivity index (χ4v) is 2.18. The normalized spacial score (nSPS) is 9.71. The fraction of sp³-hybridized carbons (Fsp3) is 0.118. The Morgan fingerprint density at radius 3 is 2.71 bits per heavy atom. The number of anilines is 2. The summed E-state index contributed by atoms with van der Waals surface area (Å²) in [5.41, 5.74) is 1.92. The van der Waals surface area contributed by atoms with E-state index in [1.54, 1.807) is 42.5 Å². The van der Waals surface area contributed by atoms with Gasteiger partial charge in [0.15, 0.2) is 0 Å². The molecule has 0 bridgehead atoms. The summed E-state index contributed by atoms with van der Waals surface area (Å²) in [6.07, 6.45) is 0. The molecule has 0 heterocycles. The third-order valence-corrected chi connectivity index (χ3v) is 3.50. The van der Waals surface area contributed by atoms with Crippen LogP contribution >= 0.6 is 11.6 Å². The van der Waals surface area contributed by atoms with E-state index >= 15 is 0 Å². The second kappa shape index (κ2) is 7.99. The number of halogens is 1. The van der Waals surface area contributed by atoms with Crippen molar-refractivity contribution in [2.75, 3.05) is 24.2 Å². The first-order valence-corrected chi connectivity index (χ1v) is 7.47. The third-order valence-electron chi connectivity index (χ3n) is 3.17. The second-order valence-electron chi connectivity index (χ2n) is 4.87. The highest BCUT2D eigenvalue weighted by molar-refractivity contribution is 6.33. The minimum atomic E-state index is -0.300. The average Bonchev–Trinajstić information content (AvgIpc) is 2.60. The van der Waals surface area contributed by atoms with Crippen molar-refractivity contribution in [3.8, 4) is 6.07 Å². The molecular weight excluding hydrogens is 328 g/mol. The molecule has 2 aromatic rings. The minimum absolute atomic E-state index is 0.0340. The molecule has 2 aromatic carbocycles. The Balaban J connectivity index is 2.01. The molecule has 0 saturated carbocycles. The van der Waals surface area contributed by atoms with Crippen molar-refractivity contribution in [2.24, 2.45) is 0 Å². The number of carbonyl (C=O) groups is 2.